The van der Waals surface area contributed by atoms with Gasteiger partial charge in [0.2, 0.25) is 0 Å². The van der Waals surface area contributed by atoms with Crippen LogP contribution in [0.15, 0.2) is 12.5 Å². The predicted molar refractivity (Wildman–Crippen MR) is 52.7 cm³/mol. The molecule has 76 valence electrons. The molecule has 1 spiro atoms. The molecule has 0 amide bonds. The number of aryl methyl sites for hydroxylation is 1. The van der Waals surface area contributed by atoms with Crippen LogP contribution in [0, 0.1) is 11.3 Å². The monoisotopic (exact) mass is 192 g/mol. The highest BCUT2D eigenvalue weighted by molar-refractivity contribution is 5.16. The van der Waals surface area contributed by atoms with Crippen LogP contribution in [0.4, 0.5) is 0 Å². The van der Waals surface area contributed by atoms with E-state index in [1.165, 1.54) is 19.3 Å². The lowest BCUT2D eigenvalue weighted by Gasteiger charge is -2.09. The molecule has 1 heterocycles. The third kappa shape index (κ3) is 1.19. The van der Waals surface area contributed by atoms with Gasteiger partial charge in [0.05, 0.1) is 12.4 Å². The Labute approximate surface area is 83.8 Å². The fourth-order valence-electron chi connectivity index (χ4n) is 2.60. The van der Waals surface area contributed by atoms with Crippen LogP contribution in [0.1, 0.15) is 25.0 Å². The molecule has 2 saturated carbocycles. The molecule has 3 heteroatoms. The van der Waals surface area contributed by atoms with Crippen molar-refractivity contribution in [1.82, 2.24) is 9.55 Å². The second kappa shape index (κ2) is 2.60. The van der Waals surface area contributed by atoms with Crippen molar-refractivity contribution < 1.29 is 5.11 Å². The first kappa shape index (κ1) is 8.48. The Kier molecular flexibility index (Phi) is 1.57. The summed E-state index contributed by atoms with van der Waals surface area (Å²) in [6.07, 6.45) is 8.22. The Morgan fingerprint density at radius 1 is 1.71 bits per heavy atom. The van der Waals surface area contributed by atoms with E-state index in [0.717, 1.165) is 12.1 Å². The van der Waals surface area contributed by atoms with Crippen LogP contribution in [0.2, 0.25) is 0 Å². The highest BCUT2D eigenvalue weighted by Crippen LogP contribution is 2.71. The van der Waals surface area contributed by atoms with Gasteiger partial charge in [0.25, 0.3) is 0 Å². The Morgan fingerprint density at radius 2 is 2.50 bits per heavy atom. The fraction of sp³-hybridized carbons (Fsp3) is 0.727. The first-order chi connectivity index (χ1) is 6.71. The van der Waals surface area contributed by atoms with Gasteiger partial charge in [-0.2, -0.15) is 0 Å². The second-order valence-corrected chi connectivity index (χ2v) is 4.94. The lowest BCUT2D eigenvalue weighted by Crippen LogP contribution is -2.16. The maximum absolute atomic E-state index is 10.0. The summed E-state index contributed by atoms with van der Waals surface area (Å²) in [4.78, 5) is 4.06. The Morgan fingerprint density at radius 3 is 3.00 bits per heavy atom. The van der Waals surface area contributed by atoms with Crippen molar-refractivity contribution in [3.63, 3.8) is 0 Å². The number of hydrogen-bond donors (Lipinski definition) is 1. The zero-order valence-electron chi connectivity index (χ0n) is 8.48. The molecule has 0 aliphatic heterocycles. The summed E-state index contributed by atoms with van der Waals surface area (Å²) < 4.78 is 1.99. The number of hydrogen-bond acceptors (Lipinski definition) is 2. The smallest absolute Gasteiger partial charge is 0.0945 e. The molecule has 0 aromatic carbocycles. The number of aliphatic hydroxyl groups is 1. The summed E-state index contributed by atoms with van der Waals surface area (Å²) in [6, 6.07) is 0. The highest BCUT2D eigenvalue weighted by atomic mass is 16.3. The fourth-order valence-corrected chi connectivity index (χ4v) is 2.60. The van der Waals surface area contributed by atoms with Gasteiger partial charge in [-0.3, -0.25) is 0 Å². The lowest BCUT2D eigenvalue weighted by atomic mass is 10.1. The third-order valence-electron chi connectivity index (χ3n) is 3.94. The van der Waals surface area contributed by atoms with Crippen molar-refractivity contribution in [3.05, 3.63) is 18.2 Å². The first-order valence-electron chi connectivity index (χ1n) is 5.35. The molecule has 2 aliphatic carbocycles. The minimum absolute atomic E-state index is 0.145. The highest BCUT2D eigenvalue weighted by Gasteiger charge is 2.64. The molecule has 14 heavy (non-hydrogen) atoms. The van der Waals surface area contributed by atoms with E-state index in [9.17, 15) is 5.11 Å². The van der Waals surface area contributed by atoms with E-state index in [0.29, 0.717) is 11.3 Å². The van der Waals surface area contributed by atoms with Gasteiger partial charge in [-0.1, -0.05) is 0 Å². The van der Waals surface area contributed by atoms with E-state index < -0.39 is 0 Å². The minimum atomic E-state index is -0.145. The Hall–Kier alpha value is -0.830. The van der Waals surface area contributed by atoms with Crippen molar-refractivity contribution in [3.8, 4) is 0 Å². The molecule has 1 N–H and O–H groups in total. The van der Waals surface area contributed by atoms with Crippen LogP contribution in [0.3, 0.4) is 0 Å². The number of aliphatic hydroxyl groups excluding tert-OH is 1. The molecule has 2 aliphatic rings. The summed E-state index contributed by atoms with van der Waals surface area (Å²) in [6.45, 7) is 0. The van der Waals surface area contributed by atoms with Crippen LogP contribution in [-0.2, 0) is 13.5 Å². The van der Waals surface area contributed by atoms with Crippen LogP contribution >= 0.6 is 0 Å². The zero-order chi connectivity index (χ0) is 9.76. The van der Waals surface area contributed by atoms with Crippen LogP contribution in [-0.4, -0.2) is 20.8 Å². The van der Waals surface area contributed by atoms with Crippen LogP contribution in [0.25, 0.3) is 0 Å². The standard InChI is InChI=1S/C11H16N2O/c1-13-7-12-6-8(13)4-10(14)9-5-11(9)2-3-11/h6-7,9-10,14H,2-5H2,1H3. The summed E-state index contributed by atoms with van der Waals surface area (Å²) in [7, 11) is 1.98. The van der Waals surface area contributed by atoms with Crippen molar-refractivity contribution in [2.24, 2.45) is 18.4 Å². The molecular weight excluding hydrogens is 176 g/mol. The predicted octanol–water partition coefficient (Wildman–Crippen LogP) is 1.12. The minimum Gasteiger partial charge on any atom is -0.392 e. The molecule has 2 atom stereocenters. The quantitative estimate of drug-likeness (QED) is 0.779. The number of aromatic nitrogens is 2. The molecule has 0 saturated heterocycles. The topological polar surface area (TPSA) is 38.0 Å². The Bertz CT molecular complexity index is 354. The number of rotatable bonds is 3. The lowest BCUT2D eigenvalue weighted by molar-refractivity contribution is 0.141. The zero-order valence-corrected chi connectivity index (χ0v) is 8.48. The van der Waals surface area contributed by atoms with Gasteiger partial charge in [0.15, 0.2) is 0 Å². The molecule has 2 fully saturated rings. The SMILES string of the molecule is Cn1cncc1CC(O)C1CC12CC2. The van der Waals surface area contributed by atoms with Crippen molar-refractivity contribution in [2.45, 2.75) is 31.8 Å². The van der Waals surface area contributed by atoms with Gasteiger partial charge >= 0.3 is 0 Å². The van der Waals surface area contributed by atoms with E-state index in [1.54, 1.807) is 6.33 Å². The average Bonchev–Trinajstić information content (AvgIpc) is 3.05. The summed E-state index contributed by atoms with van der Waals surface area (Å²) in [5.41, 5.74) is 1.73. The van der Waals surface area contributed by atoms with E-state index >= 15 is 0 Å². The molecular formula is C11H16N2O. The van der Waals surface area contributed by atoms with Crippen LogP contribution in [0.5, 0.6) is 0 Å². The van der Waals surface area contributed by atoms with Gasteiger partial charge in [0.1, 0.15) is 0 Å². The second-order valence-electron chi connectivity index (χ2n) is 4.94. The maximum Gasteiger partial charge on any atom is 0.0945 e. The third-order valence-corrected chi connectivity index (χ3v) is 3.94. The van der Waals surface area contributed by atoms with Crippen molar-refractivity contribution in [1.29, 1.82) is 0 Å². The molecule has 0 radical (unpaired) electrons. The van der Waals surface area contributed by atoms with E-state index in [4.69, 9.17) is 0 Å². The molecule has 0 bridgehead atoms. The summed E-state index contributed by atoms with van der Waals surface area (Å²) in [5, 5.41) is 10.0. The molecule has 1 aromatic heterocycles. The summed E-state index contributed by atoms with van der Waals surface area (Å²) in [5.74, 6) is 0.581. The average molecular weight is 192 g/mol. The largest absolute Gasteiger partial charge is 0.392 e. The molecule has 3 rings (SSSR count). The van der Waals surface area contributed by atoms with E-state index in [-0.39, 0.29) is 6.10 Å². The van der Waals surface area contributed by atoms with Gasteiger partial charge in [-0.15, -0.1) is 0 Å². The molecule has 2 unspecified atom stereocenters. The van der Waals surface area contributed by atoms with Gasteiger partial charge in [0, 0.05) is 25.4 Å². The van der Waals surface area contributed by atoms with Crippen molar-refractivity contribution >= 4 is 0 Å². The number of imidazole rings is 1. The van der Waals surface area contributed by atoms with Gasteiger partial charge in [-0.05, 0) is 30.6 Å². The van der Waals surface area contributed by atoms with Gasteiger partial charge in [-0.25, -0.2) is 4.98 Å². The van der Waals surface area contributed by atoms with Crippen LogP contribution < -0.4 is 0 Å². The van der Waals surface area contributed by atoms with Crippen molar-refractivity contribution in [2.75, 3.05) is 0 Å². The first-order valence-corrected chi connectivity index (χ1v) is 5.35. The molecule has 3 nitrogen and oxygen atoms in total. The Balaban J connectivity index is 1.65. The maximum atomic E-state index is 10.0. The molecule has 1 aromatic rings. The summed E-state index contributed by atoms with van der Waals surface area (Å²) >= 11 is 0. The van der Waals surface area contributed by atoms with Gasteiger partial charge < -0.3 is 9.67 Å². The number of nitrogens with zero attached hydrogens (tertiary/aromatic N) is 2. The normalized spacial score (nSPS) is 29.1. The van der Waals surface area contributed by atoms with E-state index in [2.05, 4.69) is 4.98 Å². The van der Waals surface area contributed by atoms with E-state index in [1.807, 2.05) is 17.8 Å².